The molecular formula is C19H19N5O4S. The van der Waals surface area contributed by atoms with Crippen LogP contribution in [0.5, 0.6) is 0 Å². The number of benzene rings is 2. The second-order valence-corrected chi connectivity index (χ2v) is 7.78. The third-order valence-corrected chi connectivity index (χ3v) is 5.74. The van der Waals surface area contributed by atoms with E-state index in [0.29, 0.717) is 16.5 Å². The summed E-state index contributed by atoms with van der Waals surface area (Å²) in [6.07, 6.45) is 0. The van der Waals surface area contributed by atoms with E-state index in [0.717, 1.165) is 16.8 Å². The van der Waals surface area contributed by atoms with Crippen LogP contribution in [0.25, 0.3) is 5.69 Å². The number of non-ortho nitro benzene ring substituents is 1. The van der Waals surface area contributed by atoms with Crippen molar-refractivity contribution in [1.82, 2.24) is 14.8 Å². The molecule has 1 atom stereocenters. The van der Waals surface area contributed by atoms with Crippen molar-refractivity contribution in [3.05, 3.63) is 85.2 Å². The third-order valence-electron chi connectivity index (χ3n) is 4.56. The molecule has 1 heterocycles. The van der Waals surface area contributed by atoms with E-state index >= 15 is 0 Å². The van der Waals surface area contributed by atoms with Gasteiger partial charge in [0.25, 0.3) is 5.69 Å². The number of aryl methyl sites for hydroxylation is 3. The molecule has 0 saturated carbocycles. The van der Waals surface area contributed by atoms with E-state index in [9.17, 15) is 20.2 Å². The van der Waals surface area contributed by atoms with Gasteiger partial charge >= 0.3 is 0 Å². The topological polar surface area (TPSA) is 117 Å². The maximum absolute atomic E-state index is 11.2. The Kier molecular flexibility index (Phi) is 5.92. The van der Waals surface area contributed by atoms with E-state index in [2.05, 4.69) is 10.2 Å². The molecule has 0 aliphatic rings. The average Bonchev–Trinajstić information content (AvgIpc) is 3.03. The zero-order chi connectivity index (χ0) is 21.1. The first-order valence-corrected chi connectivity index (χ1v) is 9.66. The zero-order valence-electron chi connectivity index (χ0n) is 16.1. The molecule has 1 aromatic heterocycles. The maximum Gasteiger partial charge on any atom is 0.269 e. The molecule has 0 N–H and O–H groups in total. The Morgan fingerprint density at radius 1 is 1.03 bits per heavy atom. The van der Waals surface area contributed by atoms with Crippen LogP contribution in [0.2, 0.25) is 0 Å². The lowest BCUT2D eigenvalue weighted by Crippen LogP contribution is -2.11. The van der Waals surface area contributed by atoms with Gasteiger partial charge in [-0.05, 0) is 49.6 Å². The number of nitro groups is 2. The lowest BCUT2D eigenvalue weighted by atomic mass is 10.1. The molecule has 0 spiro atoms. The Morgan fingerprint density at radius 2 is 1.79 bits per heavy atom. The highest BCUT2D eigenvalue weighted by molar-refractivity contribution is 7.99. The van der Waals surface area contributed by atoms with Crippen LogP contribution in [0, 0.1) is 41.0 Å². The number of hydrogen-bond donors (Lipinski definition) is 0. The van der Waals surface area contributed by atoms with Crippen molar-refractivity contribution in [2.45, 2.75) is 31.2 Å². The second-order valence-electron chi connectivity index (χ2n) is 6.61. The quantitative estimate of drug-likeness (QED) is 0.323. The normalized spacial score (nSPS) is 12.0. The number of thioether (sulfide) groups is 1. The van der Waals surface area contributed by atoms with Crippen LogP contribution in [0.15, 0.2) is 47.6 Å². The van der Waals surface area contributed by atoms with E-state index in [4.69, 9.17) is 0 Å². The summed E-state index contributed by atoms with van der Waals surface area (Å²) in [4.78, 5) is 21.4. The van der Waals surface area contributed by atoms with Gasteiger partial charge in [0.15, 0.2) is 5.16 Å². The predicted molar refractivity (Wildman–Crippen MR) is 109 cm³/mol. The Hall–Kier alpha value is -3.27. The fraction of sp³-hybridized carbons (Fsp3) is 0.263. The van der Waals surface area contributed by atoms with Crippen molar-refractivity contribution >= 4 is 17.4 Å². The molecule has 0 unspecified atom stereocenters. The smallest absolute Gasteiger partial charge is 0.269 e. The minimum Gasteiger partial charge on any atom is -0.274 e. The van der Waals surface area contributed by atoms with Gasteiger partial charge in [0.1, 0.15) is 11.1 Å². The highest BCUT2D eigenvalue weighted by Gasteiger charge is 2.25. The van der Waals surface area contributed by atoms with E-state index in [1.165, 1.54) is 30.0 Å². The highest BCUT2D eigenvalue weighted by Crippen LogP contribution is 2.37. The van der Waals surface area contributed by atoms with Crippen LogP contribution in [0.4, 0.5) is 5.69 Å². The van der Waals surface area contributed by atoms with Crippen molar-refractivity contribution in [2.24, 2.45) is 0 Å². The largest absolute Gasteiger partial charge is 0.274 e. The monoisotopic (exact) mass is 413 g/mol. The number of aromatic nitrogens is 3. The fourth-order valence-electron chi connectivity index (χ4n) is 2.89. The standard InChI is InChI=1S/C19H19N5O4S/c1-12-7-8-16(9-13(12)2)23-14(3)20-21-19(23)29-18(11-22(25)26)15-5-4-6-17(10-15)24(27)28/h4-10,18H,11H2,1-3H3/t18-/m1/s1. The van der Waals surface area contributed by atoms with Gasteiger partial charge in [0.05, 0.1) is 4.92 Å². The van der Waals surface area contributed by atoms with Gasteiger partial charge in [0, 0.05) is 22.7 Å². The van der Waals surface area contributed by atoms with Crippen molar-refractivity contribution in [3.63, 3.8) is 0 Å². The molecule has 9 nitrogen and oxygen atoms in total. The summed E-state index contributed by atoms with van der Waals surface area (Å²) in [6.45, 7) is 5.43. The van der Waals surface area contributed by atoms with Crippen LogP contribution in [-0.2, 0) is 0 Å². The van der Waals surface area contributed by atoms with E-state index < -0.39 is 21.6 Å². The van der Waals surface area contributed by atoms with Crippen LogP contribution in [0.1, 0.15) is 27.8 Å². The first-order chi connectivity index (χ1) is 13.8. The summed E-state index contributed by atoms with van der Waals surface area (Å²) in [7, 11) is 0. The summed E-state index contributed by atoms with van der Waals surface area (Å²) >= 11 is 1.17. The van der Waals surface area contributed by atoms with Crippen molar-refractivity contribution in [1.29, 1.82) is 0 Å². The van der Waals surface area contributed by atoms with Gasteiger partial charge in [-0.2, -0.15) is 0 Å². The molecule has 3 rings (SSSR count). The molecule has 29 heavy (non-hydrogen) atoms. The number of rotatable bonds is 7. The van der Waals surface area contributed by atoms with E-state index in [1.807, 2.05) is 43.5 Å². The number of hydrogen-bond acceptors (Lipinski definition) is 7. The van der Waals surface area contributed by atoms with Gasteiger partial charge in [-0.15, -0.1) is 10.2 Å². The number of nitrogens with zero attached hydrogens (tertiary/aromatic N) is 5. The average molecular weight is 413 g/mol. The van der Waals surface area contributed by atoms with Crippen LogP contribution >= 0.6 is 11.8 Å². The molecule has 0 bridgehead atoms. The Bertz CT molecular complexity index is 1080. The lowest BCUT2D eigenvalue weighted by Gasteiger charge is -2.15. The molecule has 0 aliphatic carbocycles. The molecule has 2 aromatic carbocycles. The van der Waals surface area contributed by atoms with Crippen LogP contribution < -0.4 is 0 Å². The molecular weight excluding hydrogens is 394 g/mol. The Balaban J connectivity index is 2.01. The summed E-state index contributed by atoms with van der Waals surface area (Å²) in [5, 5.41) is 30.5. The summed E-state index contributed by atoms with van der Waals surface area (Å²) < 4.78 is 1.83. The Labute approximate surface area is 171 Å². The summed E-state index contributed by atoms with van der Waals surface area (Å²) in [5.74, 6) is 0.648. The molecule has 10 heteroatoms. The van der Waals surface area contributed by atoms with Crippen molar-refractivity contribution < 1.29 is 9.85 Å². The van der Waals surface area contributed by atoms with Crippen molar-refractivity contribution in [3.8, 4) is 5.69 Å². The molecule has 0 aliphatic heterocycles. The van der Waals surface area contributed by atoms with E-state index in [-0.39, 0.29) is 5.69 Å². The van der Waals surface area contributed by atoms with Gasteiger partial charge in [-0.25, -0.2) is 0 Å². The first-order valence-electron chi connectivity index (χ1n) is 8.78. The predicted octanol–water partition coefficient (Wildman–Crippen LogP) is 4.21. The first kappa shape index (κ1) is 20.5. The minimum absolute atomic E-state index is 0.108. The lowest BCUT2D eigenvalue weighted by molar-refractivity contribution is -0.479. The summed E-state index contributed by atoms with van der Waals surface area (Å²) in [6, 6.07) is 11.8. The minimum atomic E-state index is -0.654. The van der Waals surface area contributed by atoms with Crippen LogP contribution in [-0.4, -0.2) is 31.2 Å². The van der Waals surface area contributed by atoms with Gasteiger partial charge in [-0.3, -0.25) is 24.8 Å². The zero-order valence-corrected chi connectivity index (χ0v) is 16.9. The fourth-order valence-corrected chi connectivity index (χ4v) is 4.06. The summed E-state index contributed by atoms with van der Waals surface area (Å²) in [5.41, 5.74) is 3.50. The molecule has 3 aromatic rings. The third kappa shape index (κ3) is 4.60. The van der Waals surface area contributed by atoms with Gasteiger partial charge in [-0.1, -0.05) is 30.0 Å². The van der Waals surface area contributed by atoms with Gasteiger partial charge in [0.2, 0.25) is 6.54 Å². The highest BCUT2D eigenvalue weighted by atomic mass is 32.2. The van der Waals surface area contributed by atoms with Gasteiger partial charge < -0.3 is 0 Å². The number of nitro benzene ring substituents is 1. The van der Waals surface area contributed by atoms with Crippen molar-refractivity contribution in [2.75, 3.05) is 6.54 Å². The SMILES string of the molecule is Cc1ccc(-n2c(C)nnc2S[C@H](C[N+](=O)[O-])c2cccc([N+](=O)[O-])c2)cc1C. The maximum atomic E-state index is 11.2. The second kappa shape index (κ2) is 8.39. The molecule has 0 radical (unpaired) electrons. The van der Waals surface area contributed by atoms with Crippen LogP contribution in [0.3, 0.4) is 0 Å². The molecule has 150 valence electrons. The Morgan fingerprint density at radius 3 is 2.45 bits per heavy atom. The van der Waals surface area contributed by atoms with E-state index in [1.54, 1.807) is 6.07 Å². The molecule has 0 fully saturated rings. The molecule has 0 amide bonds. The molecule has 0 saturated heterocycles.